The van der Waals surface area contributed by atoms with Gasteiger partial charge >= 0.3 is 6.18 Å². The van der Waals surface area contributed by atoms with Crippen molar-refractivity contribution in [3.05, 3.63) is 64.7 Å². The number of amides is 2. The molecule has 4 rings (SSSR count). The topological polar surface area (TPSA) is 88.1 Å². The SMILES string of the molecule is O=C(NO)c1ccc2c(c1)OCC(c1cccc(C(F)(F)F)c1)N(C(=O)C1CCOCC1)C2. The highest BCUT2D eigenvalue weighted by molar-refractivity contribution is 5.93. The Morgan fingerprint density at radius 2 is 1.85 bits per heavy atom. The molecule has 2 aliphatic heterocycles. The summed E-state index contributed by atoms with van der Waals surface area (Å²) in [5.74, 6) is -0.868. The molecule has 10 heteroatoms. The van der Waals surface area contributed by atoms with Gasteiger partial charge in [0.1, 0.15) is 12.4 Å². The molecule has 176 valence electrons. The lowest BCUT2D eigenvalue weighted by Crippen LogP contribution is -2.41. The van der Waals surface area contributed by atoms with E-state index in [0.29, 0.717) is 42.9 Å². The van der Waals surface area contributed by atoms with Crippen LogP contribution in [0.15, 0.2) is 42.5 Å². The predicted molar refractivity (Wildman–Crippen MR) is 109 cm³/mol. The highest BCUT2D eigenvalue weighted by atomic mass is 19.4. The van der Waals surface area contributed by atoms with Crippen LogP contribution < -0.4 is 10.2 Å². The van der Waals surface area contributed by atoms with E-state index in [2.05, 4.69) is 0 Å². The number of fused-ring (bicyclic) bond motifs is 1. The van der Waals surface area contributed by atoms with Gasteiger partial charge in [0, 0.05) is 30.3 Å². The zero-order valence-corrected chi connectivity index (χ0v) is 17.6. The van der Waals surface area contributed by atoms with E-state index in [1.165, 1.54) is 18.2 Å². The third-order valence-electron chi connectivity index (χ3n) is 6.00. The molecule has 2 heterocycles. The van der Waals surface area contributed by atoms with Crippen LogP contribution in [0.4, 0.5) is 13.2 Å². The molecule has 1 saturated heterocycles. The molecule has 1 fully saturated rings. The minimum Gasteiger partial charge on any atom is -0.491 e. The van der Waals surface area contributed by atoms with Crippen LogP contribution >= 0.6 is 0 Å². The highest BCUT2D eigenvalue weighted by Crippen LogP contribution is 2.37. The van der Waals surface area contributed by atoms with Crippen LogP contribution in [0.25, 0.3) is 0 Å². The van der Waals surface area contributed by atoms with Crippen LogP contribution in [-0.4, -0.2) is 41.7 Å². The zero-order valence-electron chi connectivity index (χ0n) is 17.6. The van der Waals surface area contributed by atoms with Crippen molar-refractivity contribution in [1.29, 1.82) is 0 Å². The molecule has 2 amide bonds. The van der Waals surface area contributed by atoms with Crippen LogP contribution in [0.3, 0.4) is 0 Å². The van der Waals surface area contributed by atoms with Gasteiger partial charge in [0.05, 0.1) is 18.2 Å². The van der Waals surface area contributed by atoms with Crippen molar-refractivity contribution in [3.63, 3.8) is 0 Å². The molecule has 0 bridgehead atoms. The maximum Gasteiger partial charge on any atom is 0.416 e. The summed E-state index contributed by atoms with van der Waals surface area (Å²) in [4.78, 5) is 26.8. The Morgan fingerprint density at radius 3 is 2.55 bits per heavy atom. The van der Waals surface area contributed by atoms with Gasteiger partial charge in [-0.05, 0) is 42.7 Å². The Kier molecular flexibility index (Phi) is 6.57. The third-order valence-corrected chi connectivity index (χ3v) is 6.00. The normalized spacial score (nSPS) is 19.3. The van der Waals surface area contributed by atoms with Crippen LogP contribution in [0, 0.1) is 5.92 Å². The molecule has 0 spiro atoms. The first-order valence-corrected chi connectivity index (χ1v) is 10.5. The number of carbonyl (C=O) groups is 2. The number of hydrogen-bond donors (Lipinski definition) is 2. The van der Waals surface area contributed by atoms with Crippen LogP contribution in [0.2, 0.25) is 0 Å². The summed E-state index contributed by atoms with van der Waals surface area (Å²) in [6.07, 6.45) is -3.45. The van der Waals surface area contributed by atoms with Gasteiger partial charge in [0.25, 0.3) is 5.91 Å². The quantitative estimate of drug-likeness (QED) is 0.534. The summed E-state index contributed by atoms with van der Waals surface area (Å²) in [5, 5.41) is 8.89. The lowest BCUT2D eigenvalue weighted by Gasteiger charge is -2.34. The first-order chi connectivity index (χ1) is 15.8. The van der Waals surface area contributed by atoms with E-state index in [1.807, 2.05) is 0 Å². The molecule has 2 aromatic rings. The highest BCUT2D eigenvalue weighted by Gasteiger charge is 2.36. The van der Waals surface area contributed by atoms with Crippen LogP contribution in [0.1, 0.15) is 45.9 Å². The molecule has 0 radical (unpaired) electrons. The second kappa shape index (κ2) is 9.40. The average Bonchev–Trinajstić information content (AvgIpc) is 3.02. The molecular weight excluding hydrogens is 441 g/mol. The Balaban J connectivity index is 1.72. The molecule has 2 aromatic carbocycles. The molecule has 2 N–H and O–H groups in total. The molecule has 1 atom stereocenters. The number of alkyl halides is 3. The van der Waals surface area contributed by atoms with Gasteiger partial charge in [-0.3, -0.25) is 14.8 Å². The predicted octanol–water partition coefficient (Wildman–Crippen LogP) is 3.71. The van der Waals surface area contributed by atoms with Gasteiger partial charge < -0.3 is 14.4 Å². The minimum atomic E-state index is -4.52. The molecule has 0 aromatic heterocycles. The van der Waals surface area contributed by atoms with E-state index in [9.17, 15) is 22.8 Å². The second-order valence-corrected chi connectivity index (χ2v) is 8.07. The molecule has 7 nitrogen and oxygen atoms in total. The number of nitrogens with zero attached hydrogens (tertiary/aromatic N) is 1. The van der Waals surface area contributed by atoms with Gasteiger partial charge in [-0.1, -0.05) is 18.2 Å². The maximum absolute atomic E-state index is 13.5. The number of ether oxygens (including phenoxy) is 2. The first kappa shape index (κ1) is 23.1. The van der Waals surface area contributed by atoms with E-state index in [-0.39, 0.29) is 30.5 Å². The summed E-state index contributed by atoms with van der Waals surface area (Å²) in [5.41, 5.74) is 1.82. The van der Waals surface area contributed by atoms with E-state index >= 15 is 0 Å². The molecule has 2 aliphatic rings. The molecule has 0 saturated carbocycles. The number of rotatable bonds is 3. The standard InChI is InChI=1S/C23H23F3N2O5/c24-23(25,26)18-3-1-2-15(10-18)19-13-33-20-11-16(21(29)27-31)4-5-17(20)12-28(19)22(30)14-6-8-32-9-7-14/h1-5,10-11,14,19,31H,6-9,12-13H2,(H,27,29). The lowest BCUT2D eigenvalue weighted by atomic mass is 9.95. The van der Waals surface area contributed by atoms with Crippen molar-refractivity contribution in [2.45, 2.75) is 31.6 Å². The molecule has 1 unspecified atom stereocenters. The molecule has 0 aliphatic carbocycles. The fourth-order valence-corrected chi connectivity index (χ4v) is 4.19. The number of carbonyl (C=O) groups excluding carboxylic acids is 2. The lowest BCUT2D eigenvalue weighted by molar-refractivity contribution is -0.142. The smallest absolute Gasteiger partial charge is 0.416 e. The average molecular weight is 464 g/mol. The third kappa shape index (κ3) is 4.96. The van der Waals surface area contributed by atoms with Gasteiger partial charge in [0.15, 0.2) is 0 Å². The monoisotopic (exact) mass is 464 g/mol. The van der Waals surface area contributed by atoms with E-state index in [0.717, 1.165) is 12.1 Å². The first-order valence-electron chi connectivity index (χ1n) is 10.5. The summed E-state index contributed by atoms with van der Waals surface area (Å²) < 4.78 is 51.3. The number of hydrogen-bond acceptors (Lipinski definition) is 5. The fraction of sp³-hybridized carbons (Fsp3) is 0.391. The Labute approximate surface area is 188 Å². The number of benzene rings is 2. The van der Waals surface area contributed by atoms with Crippen molar-refractivity contribution in [2.75, 3.05) is 19.8 Å². The second-order valence-electron chi connectivity index (χ2n) is 8.07. The van der Waals surface area contributed by atoms with Crippen molar-refractivity contribution in [3.8, 4) is 5.75 Å². The Morgan fingerprint density at radius 1 is 1.09 bits per heavy atom. The van der Waals surface area contributed by atoms with Crippen LogP contribution in [0.5, 0.6) is 5.75 Å². The van der Waals surface area contributed by atoms with Gasteiger partial charge in [0.2, 0.25) is 5.91 Å². The number of halogens is 3. The summed E-state index contributed by atoms with van der Waals surface area (Å²) in [7, 11) is 0. The minimum absolute atomic E-state index is 0.0898. The van der Waals surface area contributed by atoms with E-state index in [4.69, 9.17) is 14.7 Å². The van der Waals surface area contributed by atoms with Gasteiger partial charge in [-0.25, -0.2) is 5.48 Å². The van der Waals surface area contributed by atoms with Gasteiger partial charge in [-0.15, -0.1) is 0 Å². The van der Waals surface area contributed by atoms with Crippen molar-refractivity contribution >= 4 is 11.8 Å². The van der Waals surface area contributed by atoms with E-state index in [1.54, 1.807) is 22.5 Å². The molecule has 33 heavy (non-hydrogen) atoms. The Bertz CT molecular complexity index is 1040. The summed E-state index contributed by atoms with van der Waals surface area (Å²) >= 11 is 0. The van der Waals surface area contributed by atoms with Crippen LogP contribution in [-0.2, 0) is 22.3 Å². The fourth-order valence-electron chi connectivity index (χ4n) is 4.19. The summed E-state index contributed by atoms with van der Waals surface area (Å²) in [6, 6.07) is 8.66. The Hall–Kier alpha value is -3.11. The number of hydroxylamine groups is 1. The van der Waals surface area contributed by atoms with E-state index < -0.39 is 23.7 Å². The number of nitrogens with one attached hydrogen (secondary N) is 1. The van der Waals surface area contributed by atoms with Crippen molar-refractivity contribution in [2.24, 2.45) is 5.92 Å². The zero-order chi connectivity index (χ0) is 23.6. The maximum atomic E-state index is 13.5. The van der Waals surface area contributed by atoms with Gasteiger partial charge in [-0.2, -0.15) is 13.2 Å². The van der Waals surface area contributed by atoms with Crippen molar-refractivity contribution in [1.82, 2.24) is 10.4 Å². The van der Waals surface area contributed by atoms with Crippen molar-refractivity contribution < 1.29 is 37.4 Å². The summed E-state index contributed by atoms with van der Waals surface area (Å²) in [6.45, 7) is 0.914. The largest absolute Gasteiger partial charge is 0.491 e. The molecular formula is C23H23F3N2O5.